The van der Waals surface area contributed by atoms with E-state index in [2.05, 4.69) is 16.3 Å². The normalized spacial score (nSPS) is 17.2. The van der Waals surface area contributed by atoms with Crippen LogP contribution in [-0.2, 0) is 0 Å². The summed E-state index contributed by atoms with van der Waals surface area (Å²) in [4.78, 5) is 15.8. The molecule has 0 aromatic carbocycles. The lowest BCUT2D eigenvalue weighted by atomic mass is 10.2. The van der Waals surface area contributed by atoms with Gasteiger partial charge in [0, 0.05) is 20.1 Å². The molecule has 102 valence electrons. The quantitative estimate of drug-likeness (QED) is 0.774. The fourth-order valence-corrected chi connectivity index (χ4v) is 2.06. The van der Waals surface area contributed by atoms with Crippen molar-refractivity contribution < 1.29 is 4.79 Å². The molecule has 1 fully saturated rings. The minimum atomic E-state index is -0.132. The van der Waals surface area contributed by atoms with Crippen LogP contribution in [0.4, 0.5) is 4.79 Å². The van der Waals surface area contributed by atoms with E-state index in [1.165, 1.54) is 25.9 Å². The Labute approximate surface area is 110 Å². The molecule has 5 heteroatoms. The molecule has 0 bridgehead atoms. The smallest absolute Gasteiger partial charge is 0.317 e. The van der Waals surface area contributed by atoms with Crippen LogP contribution >= 0.6 is 0 Å². The van der Waals surface area contributed by atoms with Gasteiger partial charge in [0.05, 0.1) is 12.0 Å². The Morgan fingerprint density at radius 2 is 2.17 bits per heavy atom. The minimum Gasteiger partial charge on any atom is -0.337 e. The van der Waals surface area contributed by atoms with Crippen molar-refractivity contribution >= 4 is 6.03 Å². The predicted octanol–water partition coefficient (Wildman–Crippen LogP) is 1.27. The van der Waals surface area contributed by atoms with Crippen molar-refractivity contribution in [1.29, 1.82) is 5.26 Å². The summed E-state index contributed by atoms with van der Waals surface area (Å²) in [5.41, 5.74) is 0. The van der Waals surface area contributed by atoms with Crippen LogP contribution < -0.4 is 5.32 Å². The second-order valence-electron chi connectivity index (χ2n) is 5.04. The Bertz CT molecular complexity index is 294. The second kappa shape index (κ2) is 7.93. The highest BCUT2D eigenvalue weighted by atomic mass is 16.2. The predicted molar refractivity (Wildman–Crippen MR) is 71.1 cm³/mol. The maximum absolute atomic E-state index is 11.7. The number of likely N-dealkylation sites (tertiary alicyclic amines) is 1. The number of hydrogen-bond acceptors (Lipinski definition) is 3. The van der Waals surface area contributed by atoms with Gasteiger partial charge in [-0.15, -0.1) is 0 Å². The Hall–Kier alpha value is -1.28. The topological polar surface area (TPSA) is 59.4 Å². The molecule has 0 saturated carbocycles. The third kappa shape index (κ3) is 5.37. The first-order chi connectivity index (χ1) is 8.63. The van der Waals surface area contributed by atoms with E-state index in [1.807, 2.05) is 0 Å². The van der Waals surface area contributed by atoms with Crippen LogP contribution in [0.5, 0.6) is 0 Å². The molecule has 1 saturated heterocycles. The van der Waals surface area contributed by atoms with E-state index >= 15 is 0 Å². The van der Waals surface area contributed by atoms with E-state index in [9.17, 15) is 4.79 Å². The molecular weight excluding hydrogens is 228 g/mol. The molecule has 0 aromatic heterocycles. The van der Waals surface area contributed by atoms with Gasteiger partial charge < -0.3 is 15.1 Å². The number of carbonyl (C=O) groups excluding carboxylic acids is 1. The van der Waals surface area contributed by atoms with Crippen LogP contribution in [0.25, 0.3) is 0 Å². The van der Waals surface area contributed by atoms with E-state index in [0.29, 0.717) is 6.54 Å². The molecule has 0 spiro atoms. The van der Waals surface area contributed by atoms with Crippen molar-refractivity contribution in [1.82, 2.24) is 15.1 Å². The third-order valence-electron chi connectivity index (χ3n) is 3.29. The molecule has 0 radical (unpaired) electrons. The summed E-state index contributed by atoms with van der Waals surface area (Å²) in [6.07, 6.45) is 3.63. The molecule has 0 aliphatic carbocycles. The van der Waals surface area contributed by atoms with Gasteiger partial charge in [-0.1, -0.05) is 0 Å². The summed E-state index contributed by atoms with van der Waals surface area (Å²) in [6.45, 7) is 6.47. The van der Waals surface area contributed by atoms with E-state index in [1.54, 1.807) is 18.9 Å². The molecule has 5 nitrogen and oxygen atoms in total. The van der Waals surface area contributed by atoms with Crippen molar-refractivity contribution in [3.8, 4) is 6.07 Å². The number of carbonyl (C=O) groups is 1. The summed E-state index contributed by atoms with van der Waals surface area (Å²) in [5.74, 6) is -0.132. The molecule has 1 atom stereocenters. The molecular formula is C13H24N4O. The van der Waals surface area contributed by atoms with E-state index in [0.717, 1.165) is 19.5 Å². The molecule has 2 amide bonds. The number of hydrogen-bond donors (Lipinski definition) is 1. The number of rotatable bonds is 6. The van der Waals surface area contributed by atoms with Gasteiger partial charge in [0.1, 0.15) is 0 Å². The maximum Gasteiger partial charge on any atom is 0.317 e. The van der Waals surface area contributed by atoms with E-state index in [4.69, 9.17) is 5.26 Å². The molecule has 0 unspecified atom stereocenters. The maximum atomic E-state index is 11.7. The Morgan fingerprint density at radius 3 is 2.78 bits per heavy atom. The fourth-order valence-electron chi connectivity index (χ4n) is 2.06. The van der Waals surface area contributed by atoms with Crippen molar-refractivity contribution in [3.05, 3.63) is 0 Å². The fraction of sp³-hybridized carbons (Fsp3) is 0.846. The van der Waals surface area contributed by atoms with Gasteiger partial charge in [0.2, 0.25) is 0 Å². The van der Waals surface area contributed by atoms with E-state index < -0.39 is 0 Å². The Kier molecular flexibility index (Phi) is 6.51. The zero-order valence-corrected chi connectivity index (χ0v) is 11.5. The number of nitrogens with one attached hydrogen (secondary N) is 1. The Balaban J connectivity index is 2.09. The first-order valence-electron chi connectivity index (χ1n) is 6.74. The summed E-state index contributed by atoms with van der Waals surface area (Å²) in [6, 6.07) is 2.01. The number of nitriles is 1. The van der Waals surface area contributed by atoms with Crippen LogP contribution in [0.3, 0.4) is 0 Å². The zero-order valence-electron chi connectivity index (χ0n) is 11.5. The average Bonchev–Trinajstić information content (AvgIpc) is 2.88. The average molecular weight is 252 g/mol. The van der Waals surface area contributed by atoms with Gasteiger partial charge in [-0.05, 0) is 45.8 Å². The van der Waals surface area contributed by atoms with E-state index in [-0.39, 0.29) is 11.9 Å². The van der Waals surface area contributed by atoms with Crippen LogP contribution in [-0.4, -0.2) is 55.6 Å². The van der Waals surface area contributed by atoms with Crippen LogP contribution in [0.1, 0.15) is 26.2 Å². The largest absolute Gasteiger partial charge is 0.337 e. The van der Waals surface area contributed by atoms with Crippen molar-refractivity contribution in [2.75, 3.05) is 39.8 Å². The standard InChI is InChI=1S/C13H24N4O/c1-12(10-14)11-15-13(18)16(2)6-5-9-17-7-3-4-8-17/h12H,3-9,11H2,1-2H3,(H,15,18)/t12-/m1/s1. The van der Waals surface area contributed by atoms with Gasteiger partial charge in [0.15, 0.2) is 0 Å². The van der Waals surface area contributed by atoms with Gasteiger partial charge >= 0.3 is 6.03 Å². The summed E-state index contributed by atoms with van der Waals surface area (Å²) in [7, 11) is 1.80. The van der Waals surface area contributed by atoms with Crippen molar-refractivity contribution in [3.63, 3.8) is 0 Å². The van der Waals surface area contributed by atoms with Crippen molar-refractivity contribution in [2.45, 2.75) is 26.2 Å². The molecule has 1 N–H and O–H groups in total. The molecule has 1 aliphatic heterocycles. The molecule has 1 rings (SSSR count). The summed E-state index contributed by atoms with van der Waals surface area (Å²) < 4.78 is 0. The Morgan fingerprint density at radius 1 is 1.50 bits per heavy atom. The molecule has 1 aliphatic rings. The first kappa shape index (κ1) is 14.8. The zero-order chi connectivity index (χ0) is 13.4. The summed E-state index contributed by atoms with van der Waals surface area (Å²) in [5, 5.41) is 11.4. The lowest BCUT2D eigenvalue weighted by Crippen LogP contribution is -2.40. The third-order valence-corrected chi connectivity index (χ3v) is 3.29. The molecule has 18 heavy (non-hydrogen) atoms. The lowest BCUT2D eigenvalue weighted by Gasteiger charge is -2.20. The van der Waals surface area contributed by atoms with Gasteiger partial charge in [-0.2, -0.15) is 5.26 Å². The molecule has 1 heterocycles. The highest BCUT2D eigenvalue weighted by molar-refractivity contribution is 5.73. The van der Waals surface area contributed by atoms with Crippen LogP contribution in [0.15, 0.2) is 0 Å². The highest BCUT2D eigenvalue weighted by Gasteiger charge is 2.13. The highest BCUT2D eigenvalue weighted by Crippen LogP contribution is 2.07. The number of urea groups is 1. The first-order valence-corrected chi connectivity index (χ1v) is 6.74. The monoisotopic (exact) mass is 252 g/mol. The van der Waals surface area contributed by atoms with Crippen LogP contribution in [0.2, 0.25) is 0 Å². The summed E-state index contributed by atoms with van der Waals surface area (Å²) >= 11 is 0. The van der Waals surface area contributed by atoms with Crippen LogP contribution in [0, 0.1) is 17.2 Å². The van der Waals surface area contributed by atoms with Gasteiger partial charge in [-0.25, -0.2) is 4.79 Å². The van der Waals surface area contributed by atoms with Crippen molar-refractivity contribution in [2.24, 2.45) is 5.92 Å². The van der Waals surface area contributed by atoms with Gasteiger partial charge in [-0.3, -0.25) is 0 Å². The number of nitrogens with zero attached hydrogens (tertiary/aromatic N) is 3. The number of amides is 2. The minimum absolute atomic E-state index is 0.0847. The van der Waals surface area contributed by atoms with Gasteiger partial charge in [0.25, 0.3) is 0 Å². The second-order valence-corrected chi connectivity index (χ2v) is 5.04. The lowest BCUT2D eigenvalue weighted by molar-refractivity contribution is 0.204. The SMILES string of the molecule is C[C@H](C#N)CNC(=O)N(C)CCCN1CCCC1. The molecule has 0 aromatic rings.